The number of nitrogens with two attached hydrogens (primary N) is 1. The largest absolute Gasteiger partial charge is 0.493 e. The predicted molar refractivity (Wildman–Crippen MR) is 74.2 cm³/mol. The van der Waals surface area contributed by atoms with Crippen molar-refractivity contribution >= 4 is 5.84 Å². The van der Waals surface area contributed by atoms with Crippen LogP contribution in [0.2, 0.25) is 0 Å². The topological polar surface area (TPSA) is 101 Å². The predicted octanol–water partition coefficient (Wildman–Crippen LogP) is 1.66. The van der Waals surface area contributed by atoms with E-state index in [0.717, 1.165) is 0 Å². The van der Waals surface area contributed by atoms with Gasteiger partial charge in [-0.1, -0.05) is 6.07 Å². The first-order valence-corrected chi connectivity index (χ1v) is 5.90. The smallest absolute Gasteiger partial charge is 0.230 e. The van der Waals surface area contributed by atoms with Gasteiger partial charge in [0, 0.05) is 6.20 Å². The minimum Gasteiger partial charge on any atom is -0.493 e. The normalized spacial score (nSPS) is 10.1. The highest BCUT2D eigenvalue weighted by Gasteiger charge is 2.12. The van der Waals surface area contributed by atoms with E-state index in [1.165, 1.54) is 7.11 Å². The summed E-state index contributed by atoms with van der Waals surface area (Å²) < 4.78 is 10.9. The minimum absolute atomic E-state index is 0.0844. The fourth-order valence-electron chi connectivity index (χ4n) is 1.68. The van der Waals surface area contributed by atoms with Crippen molar-refractivity contribution in [1.29, 1.82) is 5.41 Å². The number of benzene rings is 1. The molecule has 0 aliphatic carbocycles. The zero-order valence-electron chi connectivity index (χ0n) is 11.0. The lowest BCUT2D eigenvalue weighted by atomic mass is 10.2. The van der Waals surface area contributed by atoms with E-state index >= 15 is 0 Å². The van der Waals surface area contributed by atoms with Crippen LogP contribution in [0.4, 0.5) is 0 Å². The van der Waals surface area contributed by atoms with Crippen molar-refractivity contribution in [2.24, 2.45) is 5.73 Å². The summed E-state index contributed by atoms with van der Waals surface area (Å²) in [5.41, 5.74) is 6.60. The Bertz CT molecular complexity index is 629. The molecular weight excluding hydrogens is 258 g/mol. The molecule has 0 aliphatic rings. The molecular formula is C14H15N3O3. The van der Waals surface area contributed by atoms with Gasteiger partial charge in [0.2, 0.25) is 5.88 Å². The molecule has 1 heterocycles. The number of methoxy groups -OCH3 is 1. The van der Waals surface area contributed by atoms with Crippen molar-refractivity contribution < 1.29 is 14.6 Å². The third kappa shape index (κ3) is 2.86. The molecule has 2 aromatic rings. The van der Waals surface area contributed by atoms with E-state index in [9.17, 15) is 0 Å². The molecule has 20 heavy (non-hydrogen) atoms. The standard InChI is InChI=1S/C14H15N3O3/c1-19-12-7-9(8-18)4-5-11(12)20-14-10(13(15)16)3-2-6-17-14/h2-7,18H,8H2,1H3,(H3,15,16). The van der Waals surface area contributed by atoms with Gasteiger partial charge in [0.05, 0.1) is 19.3 Å². The molecule has 6 nitrogen and oxygen atoms in total. The van der Waals surface area contributed by atoms with Crippen molar-refractivity contribution in [3.05, 3.63) is 47.7 Å². The summed E-state index contributed by atoms with van der Waals surface area (Å²) in [6.45, 7) is -0.0844. The molecule has 2 rings (SSSR count). The summed E-state index contributed by atoms with van der Waals surface area (Å²) in [5.74, 6) is 1.01. The molecule has 104 valence electrons. The van der Waals surface area contributed by atoms with Gasteiger partial charge in [0.15, 0.2) is 11.5 Å². The van der Waals surface area contributed by atoms with Crippen LogP contribution in [-0.2, 0) is 6.61 Å². The molecule has 0 bridgehead atoms. The van der Waals surface area contributed by atoms with Gasteiger partial charge in [-0.25, -0.2) is 4.98 Å². The number of pyridine rings is 1. The molecule has 0 aliphatic heterocycles. The van der Waals surface area contributed by atoms with Crippen LogP contribution in [0.25, 0.3) is 0 Å². The molecule has 0 saturated carbocycles. The number of nitrogens with one attached hydrogen (secondary N) is 1. The fourth-order valence-corrected chi connectivity index (χ4v) is 1.68. The summed E-state index contributed by atoms with van der Waals surface area (Å²) >= 11 is 0. The van der Waals surface area contributed by atoms with Gasteiger partial charge in [-0.15, -0.1) is 0 Å². The van der Waals surface area contributed by atoms with Crippen molar-refractivity contribution in [3.8, 4) is 17.4 Å². The van der Waals surface area contributed by atoms with Gasteiger partial charge in [-0.05, 0) is 29.8 Å². The second kappa shape index (κ2) is 6.03. The third-order valence-electron chi connectivity index (χ3n) is 2.68. The zero-order valence-corrected chi connectivity index (χ0v) is 11.0. The van der Waals surface area contributed by atoms with Crippen LogP contribution >= 0.6 is 0 Å². The maximum atomic E-state index is 9.10. The van der Waals surface area contributed by atoms with Gasteiger partial charge in [-0.2, -0.15) is 0 Å². The molecule has 0 radical (unpaired) electrons. The van der Waals surface area contributed by atoms with Crippen molar-refractivity contribution in [2.45, 2.75) is 6.61 Å². The van der Waals surface area contributed by atoms with E-state index < -0.39 is 0 Å². The molecule has 0 saturated heterocycles. The Morgan fingerprint density at radius 2 is 2.15 bits per heavy atom. The number of nitrogen functional groups attached to an aromatic ring is 1. The second-order valence-corrected chi connectivity index (χ2v) is 4.02. The van der Waals surface area contributed by atoms with Crippen LogP contribution in [0.1, 0.15) is 11.1 Å². The Balaban J connectivity index is 2.37. The van der Waals surface area contributed by atoms with Crippen molar-refractivity contribution in [3.63, 3.8) is 0 Å². The van der Waals surface area contributed by atoms with Gasteiger partial charge in [-0.3, -0.25) is 5.41 Å². The average Bonchev–Trinajstić information content (AvgIpc) is 2.48. The molecule has 1 aromatic carbocycles. The first-order valence-electron chi connectivity index (χ1n) is 5.90. The maximum absolute atomic E-state index is 9.10. The first kappa shape index (κ1) is 13.8. The lowest BCUT2D eigenvalue weighted by molar-refractivity contribution is 0.280. The Kier molecular flexibility index (Phi) is 4.17. The Morgan fingerprint density at radius 1 is 1.35 bits per heavy atom. The first-order chi connectivity index (χ1) is 9.65. The second-order valence-electron chi connectivity index (χ2n) is 4.02. The number of aromatic nitrogens is 1. The number of aliphatic hydroxyl groups excluding tert-OH is 1. The SMILES string of the molecule is COc1cc(CO)ccc1Oc1ncccc1C(=N)N. The number of amidine groups is 1. The molecule has 1 aromatic heterocycles. The maximum Gasteiger partial charge on any atom is 0.230 e. The van der Waals surface area contributed by atoms with Crippen molar-refractivity contribution in [2.75, 3.05) is 7.11 Å². The van der Waals surface area contributed by atoms with Gasteiger partial charge >= 0.3 is 0 Å². The quantitative estimate of drug-likeness (QED) is 0.568. The molecule has 0 amide bonds. The number of nitrogens with zero attached hydrogens (tertiary/aromatic N) is 1. The Hall–Kier alpha value is -2.60. The summed E-state index contributed by atoms with van der Waals surface area (Å²) in [6.07, 6.45) is 1.55. The summed E-state index contributed by atoms with van der Waals surface area (Å²) in [4.78, 5) is 4.07. The highest BCUT2D eigenvalue weighted by Crippen LogP contribution is 2.32. The summed E-state index contributed by atoms with van der Waals surface area (Å²) in [7, 11) is 1.51. The molecule has 4 N–H and O–H groups in total. The van der Waals surface area contributed by atoms with E-state index in [4.69, 9.17) is 25.7 Å². The number of hydrogen-bond donors (Lipinski definition) is 3. The number of aliphatic hydroxyl groups is 1. The Labute approximate surface area is 116 Å². The number of hydrogen-bond acceptors (Lipinski definition) is 5. The van der Waals surface area contributed by atoms with Crippen LogP contribution in [0.3, 0.4) is 0 Å². The lowest BCUT2D eigenvalue weighted by Crippen LogP contribution is -2.13. The highest BCUT2D eigenvalue weighted by molar-refractivity contribution is 5.97. The third-order valence-corrected chi connectivity index (χ3v) is 2.68. The monoisotopic (exact) mass is 273 g/mol. The van der Waals surface area contributed by atoms with Crippen LogP contribution in [-0.4, -0.2) is 23.0 Å². The van der Waals surface area contributed by atoms with Crippen LogP contribution in [0.5, 0.6) is 17.4 Å². The van der Waals surface area contributed by atoms with Crippen LogP contribution in [0.15, 0.2) is 36.5 Å². The zero-order chi connectivity index (χ0) is 14.5. The van der Waals surface area contributed by atoms with Gasteiger partial charge in [0.1, 0.15) is 5.84 Å². The van der Waals surface area contributed by atoms with E-state index in [-0.39, 0.29) is 18.3 Å². The van der Waals surface area contributed by atoms with E-state index in [0.29, 0.717) is 22.6 Å². The average molecular weight is 273 g/mol. The molecule has 0 unspecified atom stereocenters. The van der Waals surface area contributed by atoms with Gasteiger partial charge < -0.3 is 20.3 Å². The number of rotatable bonds is 5. The molecule has 0 spiro atoms. The minimum atomic E-state index is -0.126. The molecule has 0 fully saturated rings. The van der Waals surface area contributed by atoms with E-state index in [1.54, 1.807) is 36.5 Å². The van der Waals surface area contributed by atoms with E-state index in [2.05, 4.69) is 4.98 Å². The lowest BCUT2D eigenvalue weighted by Gasteiger charge is -2.12. The fraction of sp³-hybridized carbons (Fsp3) is 0.143. The summed E-state index contributed by atoms with van der Waals surface area (Å²) in [5, 5.41) is 16.6. The molecule has 0 atom stereocenters. The van der Waals surface area contributed by atoms with Gasteiger partial charge in [0.25, 0.3) is 0 Å². The number of ether oxygens (including phenoxy) is 2. The Morgan fingerprint density at radius 3 is 2.80 bits per heavy atom. The summed E-state index contributed by atoms with van der Waals surface area (Å²) in [6, 6.07) is 8.39. The molecule has 6 heteroatoms. The van der Waals surface area contributed by atoms with Crippen LogP contribution < -0.4 is 15.2 Å². The van der Waals surface area contributed by atoms with Crippen molar-refractivity contribution in [1.82, 2.24) is 4.98 Å². The highest BCUT2D eigenvalue weighted by atomic mass is 16.5. The van der Waals surface area contributed by atoms with Crippen LogP contribution in [0, 0.1) is 5.41 Å². The van der Waals surface area contributed by atoms with E-state index in [1.807, 2.05) is 0 Å².